The van der Waals surface area contributed by atoms with E-state index >= 15 is 0 Å². The Balaban J connectivity index is 1.39. The van der Waals surface area contributed by atoms with E-state index in [1.807, 2.05) is 18.2 Å². The van der Waals surface area contributed by atoms with Crippen LogP contribution >= 0.6 is 34.3 Å². The van der Waals surface area contributed by atoms with Crippen molar-refractivity contribution in [3.05, 3.63) is 33.5 Å². The van der Waals surface area contributed by atoms with Crippen LogP contribution < -0.4 is 10.1 Å². The van der Waals surface area contributed by atoms with Crippen molar-refractivity contribution in [2.45, 2.75) is 18.9 Å². The van der Waals surface area contributed by atoms with Crippen LogP contribution in [0.3, 0.4) is 0 Å². The molecule has 1 N–H and O–H groups in total. The van der Waals surface area contributed by atoms with E-state index in [4.69, 9.17) is 16.3 Å². The van der Waals surface area contributed by atoms with Crippen molar-refractivity contribution in [1.82, 2.24) is 10.2 Å². The number of carbonyl (C=O) groups excluding carboxylic acids is 1. The van der Waals surface area contributed by atoms with Crippen molar-refractivity contribution in [2.75, 3.05) is 19.6 Å². The first-order chi connectivity index (χ1) is 11.2. The maximum atomic E-state index is 12.5. The molecular weight excluding hydrogens is 352 g/mol. The van der Waals surface area contributed by atoms with Crippen LogP contribution in [0.25, 0.3) is 0 Å². The van der Waals surface area contributed by atoms with Gasteiger partial charge in [-0.05, 0) is 56.1 Å². The molecule has 3 saturated heterocycles. The molecule has 5 rings (SSSR count). The zero-order valence-electron chi connectivity index (χ0n) is 12.5. The van der Waals surface area contributed by atoms with Crippen LogP contribution in [-0.4, -0.2) is 36.5 Å². The number of nitrogens with zero attached hydrogens (tertiary/aromatic N) is 1. The first-order valence-electron chi connectivity index (χ1n) is 7.73. The molecule has 3 aliphatic heterocycles. The Morgan fingerprint density at radius 3 is 2.57 bits per heavy atom. The number of amides is 1. The Bertz CT molecular complexity index is 707. The predicted octanol–water partition coefficient (Wildman–Crippen LogP) is 4.08. The van der Waals surface area contributed by atoms with E-state index in [1.165, 1.54) is 48.6 Å². The van der Waals surface area contributed by atoms with Gasteiger partial charge >= 0.3 is 0 Å². The normalized spacial score (nSPS) is 26.2. The van der Waals surface area contributed by atoms with E-state index < -0.39 is 0 Å². The Hall–Kier alpha value is -1.08. The van der Waals surface area contributed by atoms with Crippen molar-refractivity contribution in [3.63, 3.8) is 0 Å². The number of ether oxygens (including phenoxy) is 1. The number of piperidine rings is 3. The van der Waals surface area contributed by atoms with Crippen LogP contribution in [0, 0.1) is 5.92 Å². The summed E-state index contributed by atoms with van der Waals surface area (Å²) < 4.78 is 6.43. The lowest BCUT2D eigenvalue weighted by atomic mass is 9.84. The van der Waals surface area contributed by atoms with Gasteiger partial charge in [-0.2, -0.15) is 0 Å². The number of nitrogens with one attached hydrogen (secondary N) is 1. The predicted molar refractivity (Wildman–Crippen MR) is 94.1 cm³/mol. The van der Waals surface area contributed by atoms with Gasteiger partial charge in [-0.1, -0.05) is 34.3 Å². The third-order valence-corrected chi connectivity index (χ3v) is 6.60. The second kappa shape index (κ2) is 6.43. The van der Waals surface area contributed by atoms with Crippen LogP contribution in [-0.2, 0) is 0 Å². The molecule has 23 heavy (non-hydrogen) atoms. The van der Waals surface area contributed by atoms with Crippen molar-refractivity contribution in [3.8, 4) is 10.1 Å². The molecule has 122 valence electrons. The molecule has 0 unspecified atom stereocenters. The fourth-order valence-corrected chi connectivity index (χ4v) is 5.03. The summed E-state index contributed by atoms with van der Waals surface area (Å²) in [5.74, 6) is 0.640. The fourth-order valence-electron chi connectivity index (χ4n) is 3.32. The summed E-state index contributed by atoms with van der Waals surface area (Å²) in [5.41, 5.74) is 0. The summed E-state index contributed by atoms with van der Waals surface area (Å²) in [4.78, 5) is 15.6. The van der Waals surface area contributed by atoms with Gasteiger partial charge in [-0.25, -0.2) is 0 Å². The van der Waals surface area contributed by atoms with Gasteiger partial charge in [0.05, 0.1) is 9.21 Å². The molecule has 2 aromatic rings. The highest BCUT2D eigenvalue weighted by molar-refractivity contribution is 7.18. The monoisotopic (exact) mass is 368 g/mol. The molecule has 0 aliphatic carbocycles. The molecule has 0 spiro atoms. The highest BCUT2D eigenvalue weighted by Gasteiger charge is 2.35. The Morgan fingerprint density at radius 2 is 1.91 bits per heavy atom. The van der Waals surface area contributed by atoms with Crippen molar-refractivity contribution in [1.29, 1.82) is 0 Å². The van der Waals surface area contributed by atoms with E-state index in [1.54, 1.807) is 6.07 Å². The van der Waals surface area contributed by atoms with Gasteiger partial charge in [0, 0.05) is 12.6 Å². The summed E-state index contributed by atoms with van der Waals surface area (Å²) in [6.07, 6.45) is 2.39. The molecule has 1 atom stereocenters. The lowest BCUT2D eigenvalue weighted by molar-refractivity contribution is 0.0622. The smallest absolute Gasteiger partial charge is 0.261 e. The minimum atomic E-state index is 0.00723. The van der Waals surface area contributed by atoms with Gasteiger partial charge < -0.3 is 15.0 Å². The molecule has 0 aromatic carbocycles. The van der Waals surface area contributed by atoms with Crippen LogP contribution in [0.2, 0.25) is 4.34 Å². The van der Waals surface area contributed by atoms with Gasteiger partial charge in [0.2, 0.25) is 0 Å². The quantitative estimate of drug-likeness (QED) is 0.884. The lowest BCUT2D eigenvalue weighted by Crippen LogP contribution is -2.57. The maximum Gasteiger partial charge on any atom is 0.261 e. The lowest BCUT2D eigenvalue weighted by Gasteiger charge is -2.44. The molecule has 2 bridgehead atoms. The summed E-state index contributed by atoms with van der Waals surface area (Å²) in [5, 5.41) is 4.65. The molecular formula is C16H17ClN2O2S2. The van der Waals surface area contributed by atoms with Gasteiger partial charge in [0.1, 0.15) is 0 Å². The largest absolute Gasteiger partial charge is 0.436 e. The van der Waals surface area contributed by atoms with Crippen LogP contribution in [0.4, 0.5) is 0 Å². The number of halogens is 1. The third kappa shape index (κ3) is 3.40. The number of hydrogen-bond donors (Lipinski definition) is 1. The molecule has 3 fully saturated rings. The first-order valence-corrected chi connectivity index (χ1v) is 9.75. The molecule has 1 amide bonds. The highest BCUT2D eigenvalue weighted by atomic mass is 35.5. The van der Waals surface area contributed by atoms with Gasteiger partial charge in [0.15, 0.2) is 10.1 Å². The summed E-state index contributed by atoms with van der Waals surface area (Å²) in [7, 11) is 0. The average molecular weight is 369 g/mol. The molecule has 7 heteroatoms. The highest BCUT2D eigenvalue weighted by Crippen LogP contribution is 2.35. The Labute approximate surface area is 148 Å². The van der Waals surface area contributed by atoms with E-state index in [0.29, 0.717) is 20.2 Å². The number of fused-ring (bicyclic) bond motifs is 3. The van der Waals surface area contributed by atoms with Gasteiger partial charge in [0.25, 0.3) is 5.91 Å². The van der Waals surface area contributed by atoms with Crippen LogP contribution in [0.15, 0.2) is 24.3 Å². The zero-order chi connectivity index (χ0) is 15.8. The molecule has 4 nitrogen and oxygen atoms in total. The minimum absolute atomic E-state index is 0.00723. The van der Waals surface area contributed by atoms with E-state index in [-0.39, 0.29) is 11.9 Å². The minimum Gasteiger partial charge on any atom is -0.436 e. The van der Waals surface area contributed by atoms with E-state index in [0.717, 1.165) is 11.6 Å². The van der Waals surface area contributed by atoms with Crippen molar-refractivity contribution in [2.24, 2.45) is 5.92 Å². The Kier molecular flexibility index (Phi) is 4.32. The second-order valence-electron chi connectivity index (χ2n) is 6.00. The van der Waals surface area contributed by atoms with Crippen LogP contribution in [0.1, 0.15) is 22.5 Å². The van der Waals surface area contributed by atoms with Gasteiger partial charge in [-0.3, -0.25) is 4.79 Å². The number of thiophene rings is 2. The first kappa shape index (κ1) is 15.4. The molecule has 5 heterocycles. The zero-order valence-corrected chi connectivity index (χ0v) is 14.8. The SMILES string of the molecule is O=C(N[C@H]1CN2CCC1CC2)c1ccc(Oc2ccc(Cl)s2)s1. The summed E-state index contributed by atoms with van der Waals surface area (Å²) in [6, 6.07) is 7.58. The maximum absolute atomic E-state index is 12.5. The molecule has 2 aromatic heterocycles. The average Bonchev–Trinajstić information content (AvgIpc) is 3.18. The Morgan fingerprint density at radius 1 is 1.17 bits per heavy atom. The topological polar surface area (TPSA) is 41.6 Å². The third-order valence-electron chi connectivity index (χ3n) is 4.53. The summed E-state index contributed by atoms with van der Waals surface area (Å²) in [6.45, 7) is 3.34. The van der Waals surface area contributed by atoms with Gasteiger partial charge in [-0.15, -0.1) is 0 Å². The van der Waals surface area contributed by atoms with Crippen molar-refractivity contribution < 1.29 is 9.53 Å². The number of carbonyl (C=O) groups is 1. The van der Waals surface area contributed by atoms with Crippen LogP contribution in [0.5, 0.6) is 10.1 Å². The van der Waals surface area contributed by atoms with E-state index in [9.17, 15) is 4.79 Å². The van der Waals surface area contributed by atoms with Crippen molar-refractivity contribution >= 4 is 40.2 Å². The summed E-state index contributed by atoms with van der Waals surface area (Å²) >= 11 is 8.65. The standard InChI is InChI=1S/C16H17ClN2O2S2/c17-13-2-4-15(23-13)21-14-3-1-12(22-14)16(20)18-11-9-19-7-5-10(11)6-8-19/h1-4,10-11H,5-9H2,(H,18,20)/t11-/m0/s1. The fraction of sp³-hybridized carbons (Fsp3) is 0.438. The number of rotatable bonds is 4. The second-order valence-corrected chi connectivity index (χ2v) is 8.72. The van der Waals surface area contributed by atoms with E-state index in [2.05, 4.69) is 10.2 Å². The molecule has 0 radical (unpaired) electrons. The molecule has 0 saturated carbocycles. The number of hydrogen-bond acceptors (Lipinski definition) is 5. The molecule has 3 aliphatic rings.